The number of amides is 1. The second-order valence-corrected chi connectivity index (χ2v) is 14.4. The van der Waals surface area contributed by atoms with Gasteiger partial charge in [0.05, 0.1) is 40.5 Å². The average molecular weight is 596 g/mol. The predicted molar refractivity (Wildman–Crippen MR) is 154 cm³/mol. The summed E-state index contributed by atoms with van der Waals surface area (Å²) in [5.41, 5.74) is 0.797. The number of anilines is 2. The summed E-state index contributed by atoms with van der Waals surface area (Å²) >= 11 is 1.04. The monoisotopic (exact) mass is 595 g/mol. The van der Waals surface area contributed by atoms with Gasteiger partial charge in [0.15, 0.2) is 0 Å². The van der Waals surface area contributed by atoms with E-state index >= 15 is 0 Å². The van der Waals surface area contributed by atoms with Crippen LogP contribution >= 0.6 is 18.5 Å². The lowest BCUT2D eigenvalue weighted by Crippen LogP contribution is -2.46. The number of likely N-dealkylation sites (tertiary alicyclic amines) is 1. The predicted octanol–water partition coefficient (Wildman–Crippen LogP) is 5.71. The molecule has 2 N–H and O–H groups in total. The molecule has 1 aromatic heterocycles. The molecule has 2 atom stereocenters. The molecule has 214 valence electrons. The van der Waals surface area contributed by atoms with E-state index in [9.17, 15) is 26.9 Å². The van der Waals surface area contributed by atoms with Gasteiger partial charge in [0, 0.05) is 24.3 Å². The third-order valence-corrected chi connectivity index (χ3v) is 9.34. The summed E-state index contributed by atoms with van der Waals surface area (Å²) in [4.78, 5) is 14.7. The van der Waals surface area contributed by atoms with E-state index in [0.717, 1.165) is 11.3 Å². The Morgan fingerprint density at radius 3 is 2.62 bits per heavy atom. The summed E-state index contributed by atoms with van der Waals surface area (Å²) in [6.45, 7) is 4.19. The first-order valence-electron chi connectivity index (χ1n) is 12.5. The number of carbonyl (C=O) groups excluding carboxylic acids is 1. The second kappa shape index (κ2) is 11.8. The number of hydrogen-bond acceptors (Lipinski definition) is 6. The van der Waals surface area contributed by atoms with Crippen LogP contribution in [0.15, 0.2) is 36.4 Å². The van der Waals surface area contributed by atoms with Gasteiger partial charge in [-0.25, -0.2) is 4.39 Å². The first-order valence-corrected chi connectivity index (χ1v) is 15.9. The number of alkyl halides is 4. The van der Waals surface area contributed by atoms with Crippen molar-refractivity contribution in [3.63, 3.8) is 0 Å². The number of fused-ring (bicyclic) bond motifs is 1. The lowest BCUT2D eigenvalue weighted by atomic mass is 10.0. The highest BCUT2D eigenvalue weighted by molar-refractivity contribution is 7.70. The molecule has 0 radical (unpaired) electrons. The zero-order valence-corrected chi connectivity index (χ0v) is 24.2. The van der Waals surface area contributed by atoms with Crippen LogP contribution in [0.1, 0.15) is 16.9 Å². The molecule has 1 saturated heterocycles. The number of carbonyl (C=O) groups is 1. The largest absolute Gasteiger partial charge is 0.495 e. The Morgan fingerprint density at radius 2 is 1.98 bits per heavy atom. The second-order valence-electron chi connectivity index (χ2n) is 10.1. The maximum absolute atomic E-state index is 14.7. The van der Waals surface area contributed by atoms with Crippen LogP contribution in [-0.4, -0.2) is 69.8 Å². The van der Waals surface area contributed by atoms with Gasteiger partial charge < -0.3 is 24.8 Å². The number of halogens is 4. The number of methoxy groups -OCH3 is 1. The fraction of sp³-hybridized carbons (Fsp3) is 0.393. The normalized spacial score (nSPS) is 18.2. The van der Waals surface area contributed by atoms with E-state index in [2.05, 4.69) is 22.5 Å². The first-order chi connectivity index (χ1) is 18.7. The molecule has 3 aromatic rings. The summed E-state index contributed by atoms with van der Waals surface area (Å²) in [6.07, 6.45) is -6.29. The minimum atomic E-state index is -4.50. The van der Waals surface area contributed by atoms with Gasteiger partial charge in [-0.3, -0.25) is 4.79 Å². The summed E-state index contributed by atoms with van der Waals surface area (Å²) in [5.74, 6) is 4.55. The van der Waals surface area contributed by atoms with Gasteiger partial charge in [-0.15, -0.1) is 11.3 Å². The maximum atomic E-state index is 14.7. The first kappa shape index (κ1) is 29.9. The Balaban J connectivity index is 1.65. The van der Waals surface area contributed by atoms with Gasteiger partial charge in [0.1, 0.15) is 19.1 Å². The minimum Gasteiger partial charge on any atom is -0.495 e. The molecule has 0 saturated carbocycles. The van der Waals surface area contributed by atoms with Crippen molar-refractivity contribution >= 4 is 51.2 Å². The smallest absolute Gasteiger partial charge is 0.393 e. The molecule has 2 aromatic carbocycles. The van der Waals surface area contributed by atoms with Gasteiger partial charge >= 0.3 is 12.1 Å². The topological polar surface area (TPSA) is 70.7 Å². The Labute approximate surface area is 234 Å². The fourth-order valence-electron chi connectivity index (χ4n) is 4.57. The van der Waals surface area contributed by atoms with Gasteiger partial charge in [0.25, 0.3) is 0 Å². The summed E-state index contributed by atoms with van der Waals surface area (Å²) in [6, 6.07) is 9.18. The average Bonchev–Trinajstić information content (AvgIpc) is 3.20. The number of hydrogen-bond donors (Lipinski definition) is 2. The van der Waals surface area contributed by atoms with Gasteiger partial charge in [-0.05, 0) is 67.9 Å². The Morgan fingerprint density at radius 1 is 1.23 bits per heavy atom. The highest BCUT2D eigenvalue weighted by Crippen LogP contribution is 2.40. The van der Waals surface area contributed by atoms with Crippen molar-refractivity contribution in [2.45, 2.75) is 31.2 Å². The molecular formula is C28H30F4N3O3PS. The number of nitrogens with one attached hydrogen (secondary N) is 2. The number of ether oxygens (including phenoxy) is 1. The van der Waals surface area contributed by atoms with Crippen LogP contribution in [0.4, 0.5) is 28.9 Å². The third kappa shape index (κ3) is 7.17. The van der Waals surface area contributed by atoms with Gasteiger partial charge in [-0.1, -0.05) is 12.1 Å². The molecule has 1 fully saturated rings. The number of nitrogens with zero attached hydrogens (tertiary/aromatic N) is 1. The van der Waals surface area contributed by atoms with Crippen LogP contribution in [0, 0.1) is 11.8 Å². The fourth-order valence-corrected chi connectivity index (χ4v) is 6.58. The molecule has 1 aliphatic heterocycles. The maximum Gasteiger partial charge on any atom is 0.393 e. The number of rotatable bonds is 6. The highest BCUT2D eigenvalue weighted by atomic mass is 32.1. The summed E-state index contributed by atoms with van der Waals surface area (Å²) in [7, 11) is 0.678. The number of benzene rings is 2. The van der Waals surface area contributed by atoms with E-state index in [1.807, 2.05) is 11.9 Å². The van der Waals surface area contributed by atoms with Gasteiger partial charge in [-0.2, -0.15) is 13.2 Å². The molecule has 6 nitrogen and oxygen atoms in total. The van der Waals surface area contributed by atoms with E-state index in [1.54, 1.807) is 49.7 Å². The minimum absolute atomic E-state index is 0.0276. The van der Waals surface area contributed by atoms with Crippen LogP contribution in [0.2, 0.25) is 0 Å². The molecule has 0 spiro atoms. The van der Waals surface area contributed by atoms with E-state index in [4.69, 9.17) is 4.74 Å². The molecule has 12 heteroatoms. The third-order valence-electron chi connectivity index (χ3n) is 6.63. The highest BCUT2D eigenvalue weighted by Gasteiger charge is 2.32. The number of thiophene rings is 1. The van der Waals surface area contributed by atoms with Crippen molar-refractivity contribution in [1.82, 2.24) is 4.90 Å². The number of piperidine rings is 1. The molecule has 40 heavy (non-hydrogen) atoms. The van der Waals surface area contributed by atoms with Crippen LogP contribution in [-0.2, 0) is 15.8 Å². The lowest BCUT2D eigenvalue weighted by Gasteiger charge is -2.33. The molecule has 4 rings (SSSR count). The van der Waals surface area contributed by atoms with Crippen molar-refractivity contribution in [2.24, 2.45) is 0 Å². The molecular weight excluding hydrogens is 565 g/mol. The van der Waals surface area contributed by atoms with E-state index in [0.29, 0.717) is 34.0 Å². The zero-order chi connectivity index (χ0) is 29.2. The van der Waals surface area contributed by atoms with Crippen molar-refractivity contribution in [3.8, 4) is 17.6 Å². The molecule has 0 aliphatic carbocycles. The van der Waals surface area contributed by atoms with E-state index < -0.39 is 37.9 Å². The summed E-state index contributed by atoms with van der Waals surface area (Å²) in [5, 5.41) is 6.70. The molecule has 2 heterocycles. The molecule has 1 amide bonds. The van der Waals surface area contributed by atoms with Crippen molar-refractivity contribution < 1.29 is 31.7 Å². The standard InChI is InChI=1S/C28H30F4N3O3PS/c1-35-13-12-21(20(29)16-35)33-23-7-5-6-18-19(15-28(30,31)32)25(40-27(18)23)10-11-26(36)34-22-9-8-17(39(3,4)37)14-24(22)38-2/h5-9,14,20-21,33H,12-13,15-16H2,1-4H3,(H,34,36)/t20-,21+/m0/s1. The molecule has 0 bridgehead atoms. The lowest BCUT2D eigenvalue weighted by molar-refractivity contribution is -0.127. The van der Waals surface area contributed by atoms with Crippen LogP contribution in [0.3, 0.4) is 0 Å². The van der Waals surface area contributed by atoms with Crippen molar-refractivity contribution in [2.75, 3.05) is 51.2 Å². The molecule has 1 aliphatic rings. The van der Waals surface area contributed by atoms with Crippen LogP contribution in [0.25, 0.3) is 10.1 Å². The Hall–Kier alpha value is -3.06. The van der Waals surface area contributed by atoms with Crippen molar-refractivity contribution in [3.05, 3.63) is 46.8 Å². The molecule has 0 unspecified atom stereocenters. The SMILES string of the molecule is COc1cc(P(C)(C)=O)ccc1NC(=O)C#Cc1sc2c(N[C@@H]3CCN(C)C[C@@H]3F)cccc2c1CC(F)(F)F. The Kier molecular flexibility index (Phi) is 8.83. The van der Waals surface area contributed by atoms with E-state index in [1.165, 1.54) is 7.11 Å². The zero-order valence-electron chi connectivity index (χ0n) is 22.5. The van der Waals surface area contributed by atoms with Crippen LogP contribution < -0.4 is 20.7 Å². The van der Waals surface area contributed by atoms with E-state index in [-0.39, 0.29) is 28.4 Å². The van der Waals surface area contributed by atoms with Crippen molar-refractivity contribution in [1.29, 1.82) is 0 Å². The summed E-state index contributed by atoms with van der Waals surface area (Å²) < 4.78 is 73.5. The Bertz CT molecular complexity index is 1520. The van der Waals surface area contributed by atoms with Gasteiger partial charge in [0.2, 0.25) is 0 Å². The quantitative estimate of drug-likeness (QED) is 0.217. The van der Waals surface area contributed by atoms with Crippen LogP contribution in [0.5, 0.6) is 5.75 Å².